The monoisotopic (exact) mass is 183 g/mol. The van der Waals surface area contributed by atoms with Gasteiger partial charge in [-0.2, -0.15) is 4.39 Å². The van der Waals surface area contributed by atoms with Crippen molar-refractivity contribution >= 4 is 23.2 Å². The predicted molar refractivity (Wildman–Crippen MR) is 34.2 cm³/mol. The van der Waals surface area contributed by atoms with Crippen LogP contribution < -0.4 is 0 Å². The molecule has 1 aromatic heterocycles. The summed E-state index contributed by atoms with van der Waals surface area (Å²) in [5, 5.41) is -0.533. The Kier molecular flexibility index (Phi) is 2.06. The number of nitrogens with zero attached hydrogens (tertiary/aromatic N) is 1. The molecule has 54 valence electrons. The van der Waals surface area contributed by atoms with Crippen LogP contribution in [0.5, 0.6) is 0 Å². The van der Waals surface area contributed by atoms with Gasteiger partial charge in [0.05, 0.1) is 11.2 Å². The minimum atomic E-state index is -1.24. The smallest absolute Gasteiger partial charge is 0.224 e. The van der Waals surface area contributed by atoms with Crippen LogP contribution in [0.3, 0.4) is 0 Å². The maximum absolute atomic E-state index is 12.3. The second kappa shape index (κ2) is 2.68. The molecule has 1 nitrogen and oxygen atoms in total. The maximum atomic E-state index is 12.3. The Hall–Kier alpha value is -0.410. The average molecular weight is 184 g/mol. The van der Waals surface area contributed by atoms with Crippen molar-refractivity contribution in [1.29, 1.82) is 0 Å². The van der Waals surface area contributed by atoms with Crippen LogP contribution in [0.1, 0.15) is 0 Å². The van der Waals surface area contributed by atoms with Gasteiger partial charge >= 0.3 is 0 Å². The lowest BCUT2D eigenvalue weighted by molar-refractivity contribution is 0.480. The number of rotatable bonds is 0. The van der Waals surface area contributed by atoms with Crippen molar-refractivity contribution in [3.05, 3.63) is 28.0 Å². The fourth-order valence-corrected chi connectivity index (χ4v) is 0.681. The molecule has 1 aromatic rings. The van der Waals surface area contributed by atoms with Crippen LogP contribution in [0, 0.1) is 11.8 Å². The van der Waals surface area contributed by atoms with E-state index in [1.54, 1.807) is 0 Å². The van der Waals surface area contributed by atoms with Gasteiger partial charge in [-0.25, -0.2) is 9.37 Å². The molecule has 0 aromatic carbocycles. The van der Waals surface area contributed by atoms with Crippen LogP contribution >= 0.6 is 23.2 Å². The van der Waals surface area contributed by atoms with Crippen LogP contribution in [-0.4, -0.2) is 4.98 Å². The minimum Gasteiger partial charge on any atom is -0.224 e. The molecule has 0 spiro atoms. The van der Waals surface area contributed by atoms with Crippen molar-refractivity contribution in [3.63, 3.8) is 0 Å². The van der Waals surface area contributed by atoms with E-state index in [4.69, 9.17) is 23.2 Å². The lowest BCUT2D eigenvalue weighted by atomic mass is 10.5. The number of hydrogen-bond acceptors (Lipinski definition) is 1. The molecule has 0 aliphatic carbocycles. The summed E-state index contributed by atoms with van der Waals surface area (Å²) in [5.74, 6) is -2.46. The molecule has 1 rings (SSSR count). The summed E-state index contributed by atoms with van der Waals surface area (Å²) < 4.78 is 24.5. The van der Waals surface area contributed by atoms with Gasteiger partial charge in [-0.3, -0.25) is 0 Å². The highest BCUT2D eigenvalue weighted by Crippen LogP contribution is 2.24. The molecule has 0 saturated heterocycles. The van der Waals surface area contributed by atoms with Crippen molar-refractivity contribution in [1.82, 2.24) is 4.98 Å². The third-order valence-electron chi connectivity index (χ3n) is 0.875. The summed E-state index contributed by atoms with van der Waals surface area (Å²) in [4.78, 5) is 2.98. The van der Waals surface area contributed by atoms with Gasteiger partial charge < -0.3 is 0 Å². The molecule has 0 aliphatic rings. The second-order valence-corrected chi connectivity index (χ2v) is 2.31. The van der Waals surface area contributed by atoms with E-state index in [2.05, 4.69) is 4.98 Å². The fourth-order valence-electron chi connectivity index (χ4n) is 0.422. The Bertz CT molecular complexity index is 237. The van der Waals surface area contributed by atoms with Crippen molar-refractivity contribution in [2.75, 3.05) is 0 Å². The van der Waals surface area contributed by atoms with Gasteiger partial charge in [0.15, 0.2) is 5.82 Å². The SMILES string of the molecule is Fc1ncc(Cl)c(Cl)c1F. The van der Waals surface area contributed by atoms with Crippen molar-refractivity contribution in [2.24, 2.45) is 0 Å². The summed E-state index contributed by atoms with van der Waals surface area (Å²) in [7, 11) is 0. The summed E-state index contributed by atoms with van der Waals surface area (Å²) >= 11 is 10.5. The molecule has 0 N–H and O–H groups in total. The highest BCUT2D eigenvalue weighted by molar-refractivity contribution is 6.41. The molecule has 10 heavy (non-hydrogen) atoms. The van der Waals surface area contributed by atoms with E-state index in [1.165, 1.54) is 0 Å². The molecule has 0 aliphatic heterocycles. The van der Waals surface area contributed by atoms with Gasteiger partial charge in [-0.1, -0.05) is 23.2 Å². The lowest BCUT2D eigenvalue weighted by Gasteiger charge is -1.95. The van der Waals surface area contributed by atoms with E-state index in [0.29, 0.717) is 0 Å². The first-order chi connectivity index (χ1) is 4.63. The standard InChI is InChI=1S/C5HCl2F2N/c6-2-1-10-5(9)4(8)3(2)7/h1H. The molecule has 0 fully saturated rings. The summed E-state index contributed by atoms with van der Waals surface area (Å²) in [5.41, 5.74) is 0. The zero-order valence-corrected chi connectivity index (χ0v) is 6.05. The predicted octanol–water partition coefficient (Wildman–Crippen LogP) is 2.67. The third-order valence-corrected chi connectivity index (χ3v) is 1.63. The van der Waals surface area contributed by atoms with Gasteiger partial charge in [0.1, 0.15) is 5.02 Å². The van der Waals surface area contributed by atoms with E-state index < -0.39 is 16.8 Å². The molecule has 5 heteroatoms. The topological polar surface area (TPSA) is 12.9 Å². The third kappa shape index (κ3) is 1.20. The fraction of sp³-hybridized carbons (Fsp3) is 0. The molecular weight excluding hydrogens is 183 g/mol. The van der Waals surface area contributed by atoms with Crippen LogP contribution in [-0.2, 0) is 0 Å². The van der Waals surface area contributed by atoms with E-state index >= 15 is 0 Å². The first kappa shape index (κ1) is 7.69. The van der Waals surface area contributed by atoms with E-state index in [0.717, 1.165) is 6.20 Å². The highest BCUT2D eigenvalue weighted by atomic mass is 35.5. The molecule has 0 atom stereocenters. The zero-order valence-electron chi connectivity index (χ0n) is 4.54. The minimum absolute atomic E-state index is 0.0967. The Morgan fingerprint density at radius 3 is 2.40 bits per heavy atom. The van der Waals surface area contributed by atoms with Crippen LogP contribution in [0.2, 0.25) is 10.0 Å². The first-order valence-electron chi connectivity index (χ1n) is 2.28. The number of hydrogen-bond donors (Lipinski definition) is 0. The Labute approximate surface area is 65.6 Å². The Balaban J connectivity index is 3.34. The number of halogens is 4. The highest BCUT2D eigenvalue weighted by Gasteiger charge is 2.10. The maximum Gasteiger partial charge on any atom is 0.250 e. The molecular formula is C5HCl2F2N. The van der Waals surface area contributed by atoms with Gasteiger partial charge in [-0.05, 0) is 0 Å². The normalized spacial score (nSPS) is 10.0. The lowest BCUT2D eigenvalue weighted by Crippen LogP contribution is -1.89. The average Bonchev–Trinajstić information content (AvgIpc) is 1.93. The molecule has 0 radical (unpaired) electrons. The molecule has 0 amide bonds. The molecule has 0 saturated carbocycles. The molecule has 0 unspecified atom stereocenters. The van der Waals surface area contributed by atoms with Gasteiger partial charge in [0, 0.05) is 0 Å². The van der Waals surface area contributed by atoms with Crippen LogP contribution in [0.15, 0.2) is 6.20 Å². The van der Waals surface area contributed by atoms with Crippen LogP contribution in [0.4, 0.5) is 8.78 Å². The summed E-state index contributed by atoms with van der Waals surface area (Å²) in [6.45, 7) is 0. The van der Waals surface area contributed by atoms with E-state index in [1.807, 2.05) is 0 Å². The Morgan fingerprint density at radius 2 is 1.90 bits per heavy atom. The van der Waals surface area contributed by atoms with Crippen LogP contribution in [0.25, 0.3) is 0 Å². The molecule has 0 bridgehead atoms. The van der Waals surface area contributed by atoms with Crippen molar-refractivity contribution in [3.8, 4) is 0 Å². The number of pyridine rings is 1. The van der Waals surface area contributed by atoms with Crippen molar-refractivity contribution in [2.45, 2.75) is 0 Å². The van der Waals surface area contributed by atoms with E-state index in [9.17, 15) is 8.78 Å². The first-order valence-corrected chi connectivity index (χ1v) is 3.03. The Morgan fingerprint density at radius 1 is 1.30 bits per heavy atom. The van der Waals surface area contributed by atoms with Gasteiger partial charge in [-0.15, -0.1) is 0 Å². The van der Waals surface area contributed by atoms with Gasteiger partial charge in [0.2, 0.25) is 0 Å². The zero-order chi connectivity index (χ0) is 7.72. The quantitative estimate of drug-likeness (QED) is 0.564. The largest absolute Gasteiger partial charge is 0.250 e. The molecule has 1 heterocycles. The second-order valence-electron chi connectivity index (χ2n) is 1.52. The van der Waals surface area contributed by atoms with E-state index in [-0.39, 0.29) is 5.02 Å². The summed E-state index contributed by atoms with van der Waals surface area (Å²) in [6.07, 6.45) is 0.947. The van der Waals surface area contributed by atoms with Crippen molar-refractivity contribution < 1.29 is 8.78 Å². The van der Waals surface area contributed by atoms with Gasteiger partial charge in [0.25, 0.3) is 5.95 Å². The number of aromatic nitrogens is 1. The summed E-state index contributed by atoms with van der Waals surface area (Å²) in [6, 6.07) is 0.